The number of carboxylic acids is 2. The van der Waals surface area contributed by atoms with Gasteiger partial charge in [-0.3, -0.25) is 13.9 Å². The van der Waals surface area contributed by atoms with Crippen LogP contribution in [0.5, 0.6) is 11.5 Å². The van der Waals surface area contributed by atoms with E-state index in [0.717, 1.165) is 4.31 Å². The quantitative estimate of drug-likeness (QED) is 0.203. The molecular weight excluding hydrogens is 624 g/mol. The highest BCUT2D eigenvalue weighted by Crippen LogP contribution is 2.32. The van der Waals surface area contributed by atoms with Crippen LogP contribution in [-0.4, -0.2) is 70.6 Å². The fourth-order valence-corrected chi connectivity index (χ4v) is 7.27. The number of sulfonamides is 2. The normalized spacial score (nSPS) is 11.6. The molecule has 0 saturated carbocycles. The number of rotatable bonds is 14. The second-order valence-electron chi connectivity index (χ2n) is 9.68. The Labute approximate surface area is 260 Å². The van der Waals surface area contributed by atoms with Gasteiger partial charge in [-0.1, -0.05) is 30.3 Å². The molecule has 236 valence electrons. The molecule has 0 aliphatic rings. The van der Waals surface area contributed by atoms with Crippen LogP contribution in [0.2, 0.25) is 0 Å². The molecule has 0 heterocycles. The van der Waals surface area contributed by atoms with Gasteiger partial charge < -0.3 is 19.7 Å². The van der Waals surface area contributed by atoms with Gasteiger partial charge in [0.1, 0.15) is 24.6 Å². The standard InChI is InChI=1S/C31H30N2O10S2/c1-42-26-8-12-28(13-9-26)44(38,39)32(20-30(34)35)19-22-16-24(23-6-4-3-5-7-23)18-25(17-22)33(21-31(36)37)45(40,41)29-14-10-27(43-2)11-15-29/h3-18H,19-21H2,1-2H3,(H,34,35)(H,36,37). The zero-order valence-corrected chi connectivity index (χ0v) is 25.9. The smallest absolute Gasteiger partial charge is 0.324 e. The molecule has 0 aromatic heterocycles. The average Bonchev–Trinajstić information content (AvgIpc) is 3.03. The molecule has 14 heteroatoms. The molecule has 0 unspecified atom stereocenters. The van der Waals surface area contributed by atoms with Gasteiger partial charge in [-0.15, -0.1) is 0 Å². The molecule has 12 nitrogen and oxygen atoms in total. The second-order valence-corrected chi connectivity index (χ2v) is 13.5. The lowest BCUT2D eigenvalue weighted by Gasteiger charge is -2.26. The average molecular weight is 655 g/mol. The number of carbonyl (C=O) groups is 2. The number of hydrogen-bond donors (Lipinski definition) is 2. The first kappa shape index (κ1) is 33.0. The Bertz CT molecular complexity index is 1880. The van der Waals surface area contributed by atoms with Crippen LogP contribution < -0.4 is 13.8 Å². The van der Waals surface area contributed by atoms with Gasteiger partial charge in [0, 0.05) is 6.54 Å². The molecule has 0 radical (unpaired) electrons. The predicted octanol–water partition coefficient (Wildman–Crippen LogP) is 3.93. The minimum atomic E-state index is -4.46. The Balaban J connectivity index is 1.87. The maximum atomic E-state index is 13.8. The highest BCUT2D eigenvalue weighted by molar-refractivity contribution is 7.92. The van der Waals surface area contributed by atoms with E-state index in [-0.39, 0.29) is 21.0 Å². The van der Waals surface area contributed by atoms with Gasteiger partial charge in [-0.25, -0.2) is 16.8 Å². The fourth-order valence-electron chi connectivity index (χ4n) is 4.50. The van der Waals surface area contributed by atoms with Crippen molar-refractivity contribution in [3.05, 3.63) is 103 Å². The summed E-state index contributed by atoms with van der Waals surface area (Å²) in [4.78, 5) is 23.4. The third-order valence-corrected chi connectivity index (χ3v) is 10.3. The molecule has 0 fully saturated rings. The predicted molar refractivity (Wildman–Crippen MR) is 165 cm³/mol. The monoisotopic (exact) mass is 654 g/mol. The molecule has 4 aromatic carbocycles. The molecule has 0 atom stereocenters. The number of nitrogens with zero attached hydrogens (tertiary/aromatic N) is 2. The Hall–Kier alpha value is -4.92. The van der Waals surface area contributed by atoms with E-state index in [4.69, 9.17) is 9.47 Å². The van der Waals surface area contributed by atoms with Gasteiger partial charge in [0.15, 0.2) is 0 Å². The number of benzene rings is 4. The number of hydrogen-bond acceptors (Lipinski definition) is 8. The van der Waals surface area contributed by atoms with E-state index in [1.165, 1.54) is 74.9 Å². The van der Waals surface area contributed by atoms with Crippen molar-refractivity contribution in [1.29, 1.82) is 0 Å². The van der Waals surface area contributed by atoms with Crippen molar-refractivity contribution in [1.82, 2.24) is 4.31 Å². The lowest BCUT2D eigenvalue weighted by molar-refractivity contribution is -0.137. The van der Waals surface area contributed by atoms with E-state index in [0.29, 0.717) is 26.9 Å². The van der Waals surface area contributed by atoms with Crippen LogP contribution in [0.3, 0.4) is 0 Å². The topological polar surface area (TPSA) is 168 Å². The third-order valence-electron chi connectivity index (χ3n) is 6.67. The van der Waals surface area contributed by atoms with Gasteiger partial charge in [0.2, 0.25) is 10.0 Å². The highest BCUT2D eigenvalue weighted by atomic mass is 32.2. The molecule has 4 rings (SSSR count). The summed E-state index contributed by atoms with van der Waals surface area (Å²) < 4.78 is 66.5. The van der Waals surface area contributed by atoms with E-state index in [1.54, 1.807) is 36.4 Å². The Morgan fingerprint density at radius 3 is 1.64 bits per heavy atom. The maximum Gasteiger partial charge on any atom is 0.324 e. The van der Waals surface area contributed by atoms with Gasteiger partial charge in [-0.2, -0.15) is 4.31 Å². The molecule has 0 spiro atoms. The van der Waals surface area contributed by atoms with Gasteiger partial charge in [0.05, 0.1) is 29.7 Å². The van der Waals surface area contributed by atoms with Gasteiger partial charge >= 0.3 is 11.9 Å². The fraction of sp³-hybridized carbons (Fsp3) is 0.161. The van der Waals surface area contributed by atoms with E-state index in [2.05, 4.69) is 0 Å². The largest absolute Gasteiger partial charge is 0.497 e. The number of ether oxygens (including phenoxy) is 2. The lowest BCUT2D eigenvalue weighted by atomic mass is 10.0. The van der Waals surface area contributed by atoms with Crippen molar-refractivity contribution in [3.8, 4) is 22.6 Å². The van der Waals surface area contributed by atoms with Crippen LogP contribution in [0.15, 0.2) is 107 Å². The van der Waals surface area contributed by atoms with E-state index in [1.807, 2.05) is 0 Å². The van der Waals surface area contributed by atoms with E-state index in [9.17, 15) is 36.6 Å². The maximum absolute atomic E-state index is 13.8. The van der Waals surface area contributed by atoms with E-state index < -0.39 is 51.6 Å². The van der Waals surface area contributed by atoms with Crippen molar-refractivity contribution in [2.75, 3.05) is 31.6 Å². The Morgan fingerprint density at radius 1 is 0.644 bits per heavy atom. The molecule has 0 bridgehead atoms. The minimum Gasteiger partial charge on any atom is -0.497 e. The SMILES string of the molecule is COc1ccc(S(=O)(=O)N(CC(=O)O)Cc2cc(-c3ccccc3)cc(N(CC(=O)O)S(=O)(=O)c3ccc(OC)cc3)c2)cc1. The second kappa shape index (κ2) is 13.8. The van der Waals surface area contributed by atoms with Crippen LogP contribution in [0.4, 0.5) is 5.69 Å². The first-order valence-electron chi connectivity index (χ1n) is 13.3. The molecule has 0 aliphatic carbocycles. The third kappa shape index (κ3) is 7.78. The highest BCUT2D eigenvalue weighted by Gasteiger charge is 2.30. The molecule has 4 aromatic rings. The van der Waals surface area contributed by atoms with Crippen molar-refractivity contribution in [3.63, 3.8) is 0 Å². The number of aliphatic carboxylic acids is 2. The summed E-state index contributed by atoms with van der Waals surface area (Å²) in [5.41, 5.74) is 1.22. The van der Waals surface area contributed by atoms with Crippen molar-refractivity contribution >= 4 is 37.7 Å². The van der Waals surface area contributed by atoms with E-state index >= 15 is 0 Å². The summed E-state index contributed by atoms with van der Waals surface area (Å²) in [6.45, 7) is -2.32. The molecule has 0 saturated heterocycles. The zero-order chi connectivity index (χ0) is 32.8. The molecule has 0 aliphatic heterocycles. The van der Waals surface area contributed by atoms with Crippen LogP contribution >= 0.6 is 0 Å². The van der Waals surface area contributed by atoms with Crippen LogP contribution in [0.1, 0.15) is 5.56 Å². The van der Waals surface area contributed by atoms with Gasteiger partial charge in [0.25, 0.3) is 10.0 Å². The van der Waals surface area contributed by atoms with Gasteiger partial charge in [-0.05, 0) is 83.4 Å². The molecule has 45 heavy (non-hydrogen) atoms. The summed E-state index contributed by atoms with van der Waals surface area (Å²) in [6, 6.07) is 24.0. The van der Waals surface area contributed by atoms with Crippen molar-refractivity contribution in [2.45, 2.75) is 16.3 Å². The Morgan fingerprint density at radius 2 is 1.16 bits per heavy atom. The van der Waals surface area contributed by atoms with Crippen LogP contribution in [0.25, 0.3) is 11.1 Å². The first-order valence-corrected chi connectivity index (χ1v) is 16.2. The molecule has 0 amide bonds. The summed E-state index contributed by atoms with van der Waals surface area (Å²) in [5.74, 6) is -2.06. The molecule has 2 N–H and O–H groups in total. The van der Waals surface area contributed by atoms with Crippen molar-refractivity contribution < 1.29 is 46.1 Å². The summed E-state index contributed by atoms with van der Waals surface area (Å²) >= 11 is 0. The summed E-state index contributed by atoms with van der Waals surface area (Å²) in [7, 11) is -5.99. The van der Waals surface area contributed by atoms with Crippen LogP contribution in [-0.2, 0) is 36.2 Å². The first-order chi connectivity index (χ1) is 21.3. The number of methoxy groups -OCH3 is 2. The van der Waals surface area contributed by atoms with Crippen LogP contribution in [0, 0.1) is 0 Å². The molecular formula is C31H30N2O10S2. The zero-order valence-electron chi connectivity index (χ0n) is 24.2. The Kier molecular flexibility index (Phi) is 10.1. The summed E-state index contributed by atoms with van der Waals surface area (Å²) in [6.07, 6.45) is 0. The number of carboxylic acid groups (broad SMARTS) is 2. The van der Waals surface area contributed by atoms with Crippen molar-refractivity contribution in [2.24, 2.45) is 0 Å². The minimum absolute atomic E-state index is 0.0679. The number of anilines is 1. The summed E-state index contributed by atoms with van der Waals surface area (Å²) in [5, 5.41) is 19.3. The lowest BCUT2D eigenvalue weighted by Crippen LogP contribution is -2.36.